The molecule has 2 atom stereocenters. The van der Waals surface area contributed by atoms with Crippen molar-refractivity contribution in [1.82, 2.24) is 15.2 Å². The van der Waals surface area contributed by atoms with Crippen LogP contribution in [0.1, 0.15) is 41.5 Å². The number of nitrogens with one attached hydrogen (secondary N) is 1. The second-order valence-corrected chi connectivity index (χ2v) is 7.20. The number of hydrogen-bond donors (Lipinski definition) is 2. The number of piperazine rings is 1. The third kappa shape index (κ3) is 3.27. The van der Waals surface area contributed by atoms with E-state index < -0.39 is 6.10 Å². The van der Waals surface area contributed by atoms with Crippen molar-refractivity contribution in [2.24, 2.45) is 0 Å². The zero-order valence-electron chi connectivity index (χ0n) is 14.9. The van der Waals surface area contributed by atoms with E-state index in [4.69, 9.17) is 0 Å². The largest absolute Gasteiger partial charge is 0.382 e. The quantitative estimate of drug-likeness (QED) is 0.897. The summed E-state index contributed by atoms with van der Waals surface area (Å²) in [5.41, 5.74) is 5.29. The summed E-state index contributed by atoms with van der Waals surface area (Å²) in [4.78, 5) is 9.24. The van der Waals surface area contributed by atoms with Crippen molar-refractivity contribution in [3.8, 4) is 0 Å². The van der Waals surface area contributed by atoms with Gasteiger partial charge in [0.1, 0.15) is 6.10 Å². The van der Waals surface area contributed by atoms with Gasteiger partial charge in [-0.15, -0.1) is 0 Å². The van der Waals surface area contributed by atoms with Gasteiger partial charge in [0.2, 0.25) is 0 Å². The maximum Gasteiger partial charge on any atom is 0.121 e. The third-order valence-corrected chi connectivity index (χ3v) is 5.44. The molecule has 132 valence electrons. The van der Waals surface area contributed by atoms with Gasteiger partial charge < -0.3 is 20.2 Å². The number of hydrogen-bond acceptors (Lipinski definition) is 5. The van der Waals surface area contributed by atoms with Crippen LogP contribution in [0.2, 0.25) is 0 Å². The van der Waals surface area contributed by atoms with Crippen molar-refractivity contribution < 1.29 is 5.11 Å². The lowest BCUT2D eigenvalue weighted by Gasteiger charge is -2.34. The molecule has 0 aliphatic carbocycles. The van der Waals surface area contributed by atoms with E-state index in [2.05, 4.69) is 46.2 Å². The molecule has 1 aromatic carbocycles. The topological polar surface area (TPSA) is 51.6 Å². The van der Waals surface area contributed by atoms with Crippen LogP contribution in [0.15, 0.2) is 36.5 Å². The molecule has 1 aromatic heterocycles. The summed E-state index contributed by atoms with van der Waals surface area (Å²) in [5.74, 6) is 0. The number of fused-ring (bicyclic) bond motifs is 1. The first-order chi connectivity index (χ1) is 12.1. The number of rotatable bonds is 3. The Labute approximate surface area is 149 Å². The van der Waals surface area contributed by atoms with Crippen molar-refractivity contribution in [3.63, 3.8) is 0 Å². The summed E-state index contributed by atoms with van der Waals surface area (Å²) in [7, 11) is 2.16. The number of nitrogens with zero attached hydrogens (tertiary/aromatic N) is 3. The van der Waals surface area contributed by atoms with Crippen molar-refractivity contribution in [3.05, 3.63) is 58.9 Å². The van der Waals surface area contributed by atoms with E-state index in [-0.39, 0.29) is 0 Å². The maximum atomic E-state index is 10.9. The van der Waals surface area contributed by atoms with Crippen LogP contribution in [0, 0.1) is 0 Å². The number of likely N-dealkylation sites (N-methyl/N-ethyl adjacent to an activating group) is 1. The zero-order chi connectivity index (χ0) is 17.4. The SMILES string of the molecule is CC1NCc2cnc(C(O)c3cccc(N4CCN(C)CC4)c3)cc21. The molecule has 25 heavy (non-hydrogen) atoms. The van der Waals surface area contributed by atoms with Crippen LogP contribution >= 0.6 is 0 Å². The van der Waals surface area contributed by atoms with Gasteiger partial charge in [0.25, 0.3) is 0 Å². The Morgan fingerprint density at radius 2 is 2.00 bits per heavy atom. The van der Waals surface area contributed by atoms with Crippen molar-refractivity contribution >= 4 is 5.69 Å². The lowest BCUT2D eigenvalue weighted by atomic mass is 10.0. The molecule has 4 rings (SSSR count). The minimum absolute atomic E-state index is 0.320. The Morgan fingerprint density at radius 3 is 2.80 bits per heavy atom. The molecule has 5 nitrogen and oxygen atoms in total. The summed E-state index contributed by atoms with van der Waals surface area (Å²) < 4.78 is 0. The molecule has 5 heteroatoms. The van der Waals surface area contributed by atoms with Crippen molar-refractivity contribution in [2.75, 3.05) is 38.1 Å². The van der Waals surface area contributed by atoms with Gasteiger partial charge in [0.05, 0.1) is 5.69 Å². The fourth-order valence-corrected chi connectivity index (χ4v) is 3.72. The number of benzene rings is 1. The van der Waals surface area contributed by atoms with Crippen LogP contribution in [-0.4, -0.2) is 48.2 Å². The second kappa shape index (κ2) is 6.75. The van der Waals surface area contributed by atoms with Gasteiger partial charge in [0, 0.05) is 50.6 Å². The minimum Gasteiger partial charge on any atom is -0.382 e. The summed E-state index contributed by atoms with van der Waals surface area (Å²) in [5, 5.41) is 14.3. The Balaban J connectivity index is 1.57. The van der Waals surface area contributed by atoms with Crippen LogP contribution in [0.5, 0.6) is 0 Å². The monoisotopic (exact) mass is 338 g/mol. The second-order valence-electron chi connectivity index (χ2n) is 7.20. The highest BCUT2D eigenvalue weighted by molar-refractivity contribution is 5.50. The lowest BCUT2D eigenvalue weighted by Crippen LogP contribution is -2.44. The predicted molar refractivity (Wildman–Crippen MR) is 99.7 cm³/mol. The van der Waals surface area contributed by atoms with E-state index in [1.807, 2.05) is 24.4 Å². The summed E-state index contributed by atoms with van der Waals surface area (Å²) in [6.07, 6.45) is 1.21. The molecule has 2 aromatic rings. The van der Waals surface area contributed by atoms with E-state index in [1.165, 1.54) is 16.8 Å². The lowest BCUT2D eigenvalue weighted by molar-refractivity contribution is 0.215. The Bertz CT molecular complexity index is 755. The smallest absolute Gasteiger partial charge is 0.121 e. The molecule has 3 heterocycles. The number of aliphatic hydroxyl groups excluding tert-OH is 1. The first kappa shape index (κ1) is 16.5. The van der Waals surface area contributed by atoms with Gasteiger partial charge in [-0.3, -0.25) is 4.98 Å². The van der Waals surface area contributed by atoms with Gasteiger partial charge in [-0.1, -0.05) is 12.1 Å². The van der Waals surface area contributed by atoms with E-state index in [9.17, 15) is 5.11 Å². The average molecular weight is 338 g/mol. The predicted octanol–water partition coefficient (Wildman–Crippen LogP) is 2.08. The molecular weight excluding hydrogens is 312 g/mol. The average Bonchev–Trinajstić information content (AvgIpc) is 3.02. The highest BCUT2D eigenvalue weighted by Gasteiger charge is 2.22. The van der Waals surface area contributed by atoms with Crippen molar-refractivity contribution in [1.29, 1.82) is 0 Å². The third-order valence-electron chi connectivity index (χ3n) is 5.44. The molecule has 0 spiro atoms. The van der Waals surface area contributed by atoms with Crippen LogP contribution in [0.25, 0.3) is 0 Å². The van der Waals surface area contributed by atoms with Gasteiger partial charge in [-0.2, -0.15) is 0 Å². The Morgan fingerprint density at radius 1 is 1.20 bits per heavy atom. The molecule has 2 N–H and O–H groups in total. The molecule has 2 aliphatic rings. The number of aromatic nitrogens is 1. The fourth-order valence-electron chi connectivity index (χ4n) is 3.72. The Kier molecular flexibility index (Phi) is 4.46. The van der Waals surface area contributed by atoms with E-state index in [0.717, 1.165) is 44.0 Å². The molecule has 0 amide bonds. The fraction of sp³-hybridized carbons (Fsp3) is 0.450. The highest BCUT2D eigenvalue weighted by atomic mass is 16.3. The van der Waals surface area contributed by atoms with E-state index in [1.54, 1.807) is 0 Å². The summed E-state index contributed by atoms with van der Waals surface area (Å²) in [6.45, 7) is 7.20. The highest BCUT2D eigenvalue weighted by Crippen LogP contribution is 2.30. The number of aliphatic hydroxyl groups is 1. The Hall–Kier alpha value is -1.95. The van der Waals surface area contributed by atoms with E-state index in [0.29, 0.717) is 6.04 Å². The normalized spacial score (nSPS) is 22.0. The van der Waals surface area contributed by atoms with Gasteiger partial charge in [-0.05, 0) is 48.9 Å². The van der Waals surface area contributed by atoms with Crippen LogP contribution < -0.4 is 10.2 Å². The molecule has 1 saturated heterocycles. The van der Waals surface area contributed by atoms with Crippen LogP contribution in [0.4, 0.5) is 5.69 Å². The number of pyridine rings is 1. The molecular formula is C20H26N4O. The first-order valence-electron chi connectivity index (χ1n) is 9.05. The zero-order valence-corrected chi connectivity index (χ0v) is 14.9. The first-order valence-corrected chi connectivity index (χ1v) is 9.05. The van der Waals surface area contributed by atoms with Gasteiger partial charge in [0.15, 0.2) is 0 Å². The molecule has 1 fully saturated rings. The maximum absolute atomic E-state index is 10.9. The van der Waals surface area contributed by atoms with Crippen LogP contribution in [0.3, 0.4) is 0 Å². The molecule has 2 unspecified atom stereocenters. The molecule has 0 radical (unpaired) electrons. The van der Waals surface area contributed by atoms with E-state index >= 15 is 0 Å². The van der Waals surface area contributed by atoms with Crippen LogP contribution in [-0.2, 0) is 6.54 Å². The standard InChI is InChI=1S/C20H26N4O/c1-14-18-11-19(22-13-16(18)12-21-14)20(25)15-4-3-5-17(10-15)24-8-6-23(2)7-9-24/h3-5,10-11,13-14,20-21,25H,6-9,12H2,1-2H3. The van der Waals surface area contributed by atoms with Gasteiger partial charge in [-0.25, -0.2) is 0 Å². The molecule has 0 saturated carbocycles. The summed E-state index contributed by atoms with van der Waals surface area (Å²) in [6, 6.07) is 10.6. The van der Waals surface area contributed by atoms with Gasteiger partial charge >= 0.3 is 0 Å². The summed E-state index contributed by atoms with van der Waals surface area (Å²) >= 11 is 0. The minimum atomic E-state index is -0.689. The number of anilines is 1. The molecule has 2 aliphatic heterocycles. The van der Waals surface area contributed by atoms with Crippen molar-refractivity contribution in [2.45, 2.75) is 25.6 Å². The molecule has 0 bridgehead atoms.